The maximum absolute atomic E-state index is 6.83. The van der Waals surface area contributed by atoms with Crippen molar-refractivity contribution in [2.24, 2.45) is 5.92 Å². The number of anilines is 2. The van der Waals surface area contributed by atoms with Crippen LogP contribution in [0.1, 0.15) is 42.4 Å². The molecule has 166 valence electrons. The molecular weight excluding hydrogens is 524 g/mol. The number of nitrogens with zero attached hydrogens (tertiary/aromatic N) is 3. The summed E-state index contributed by atoms with van der Waals surface area (Å²) in [7, 11) is 0. The molecule has 4 heterocycles. The lowest BCUT2D eigenvalue weighted by Crippen LogP contribution is -2.33. The van der Waals surface area contributed by atoms with E-state index in [4.69, 9.17) is 23.8 Å². The van der Waals surface area contributed by atoms with E-state index in [1.165, 1.54) is 17.7 Å². The van der Waals surface area contributed by atoms with E-state index in [9.17, 15) is 0 Å². The molecule has 1 aromatic carbocycles. The summed E-state index contributed by atoms with van der Waals surface area (Å²) >= 11 is 18.0. The molecule has 0 spiro atoms. The first-order valence-electron chi connectivity index (χ1n) is 10.8. The first-order chi connectivity index (χ1) is 15.5. The zero-order valence-electron chi connectivity index (χ0n) is 17.7. The molecule has 0 bridgehead atoms. The standard InChI is InChI=1S/C24H24BrClN4S2/c1-15-9-12-29(13-10-15)19-6-5-16(14-17(19)26)30-23(20-7-8-21(25)32-20)22(28-24(30)31)18-4-2-3-11-27-18/h2-8,11,14-15,22-23H,9-10,12-13H2,1H3,(H,28,31)/t22-,23-/m1/s1. The Morgan fingerprint density at radius 2 is 1.97 bits per heavy atom. The number of nitrogens with one attached hydrogen (secondary N) is 1. The predicted octanol–water partition coefficient (Wildman–Crippen LogP) is 6.97. The molecule has 0 unspecified atom stereocenters. The molecule has 5 rings (SSSR count). The molecule has 2 saturated heterocycles. The molecule has 2 aromatic heterocycles. The Morgan fingerprint density at radius 1 is 1.16 bits per heavy atom. The molecule has 8 heteroatoms. The van der Waals surface area contributed by atoms with Crippen LogP contribution in [0.4, 0.5) is 11.4 Å². The first kappa shape index (κ1) is 22.1. The molecule has 0 aliphatic carbocycles. The minimum absolute atomic E-state index is 0.00791. The van der Waals surface area contributed by atoms with Crippen molar-refractivity contribution in [1.82, 2.24) is 10.3 Å². The summed E-state index contributed by atoms with van der Waals surface area (Å²) in [4.78, 5) is 10.4. The summed E-state index contributed by atoms with van der Waals surface area (Å²) in [6.07, 6.45) is 4.24. The topological polar surface area (TPSA) is 31.4 Å². The van der Waals surface area contributed by atoms with E-state index in [1.807, 2.05) is 24.4 Å². The number of thiocarbonyl (C=S) groups is 1. The summed E-state index contributed by atoms with van der Waals surface area (Å²) in [6.45, 7) is 4.43. The molecule has 2 atom stereocenters. The van der Waals surface area contributed by atoms with Crippen LogP contribution in [0.2, 0.25) is 5.02 Å². The molecule has 3 aromatic rings. The van der Waals surface area contributed by atoms with Crippen LogP contribution in [-0.4, -0.2) is 23.2 Å². The van der Waals surface area contributed by atoms with E-state index in [2.05, 4.69) is 73.3 Å². The third-order valence-corrected chi connectivity index (χ3v) is 8.63. The van der Waals surface area contributed by atoms with Crippen LogP contribution in [0, 0.1) is 5.92 Å². The van der Waals surface area contributed by atoms with E-state index in [0.29, 0.717) is 5.11 Å². The van der Waals surface area contributed by atoms with Gasteiger partial charge in [0.15, 0.2) is 5.11 Å². The highest BCUT2D eigenvalue weighted by molar-refractivity contribution is 9.11. The minimum Gasteiger partial charge on any atom is -0.370 e. The Morgan fingerprint density at radius 3 is 2.62 bits per heavy atom. The molecule has 0 amide bonds. The van der Waals surface area contributed by atoms with Crippen molar-refractivity contribution in [3.63, 3.8) is 0 Å². The number of piperidine rings is 1. The Kier molecular flexibility index (Phi) is 6.43. The van der Waals surface area contributed by atoms with E-state index < -0.39 is 0 Å². The Bertz CT molecular complexity index is 1110. The maximum Gasteiger partial charge on any atom is 0.174 e. The highest BCUT2D eigenvalue weighted by Gasteiger charge is 2.41. The van der Waals surface area contributed by atoms with Gasteiger partial charge < -0.3 is 15.1 Å². The number of rotatable bonds is 4. The van der Waals surface area contributed by atoms with Crippen molar-refractivity contribution >= 4 is 67.6 Å². The molecule has 1 N–H and O–H groups in total. The normalized spacial score (nSPS) is 21.8. The van der Waals surface area contributed by atoms with Gasteiger partial charge in [-0.1, -0.05) is 24.6 Å². The van der Waals surface area contributed by atoms with Crippen molar-refractivity contribution in [3.8, 4) is 0 Å². The first-order valence-corrected chi connectivity index (χ1v) is 13.2. The number of pyridine rings is 1. The second-order valence-electron chi connectivity index (χ2n) is 8.44. The average molecular weight is 548 g/mol. The molecular formula is C24H24BrClN4S2. The van der Waals surface area contributed by atoms with Crippen molar-refractivity contribution in [3.05, 3.63) is 74.1 Å². The maximum atomic E-state index is 6.83. The fraction of sp³-hybridized carbons (Fsp3) is 0.333. The number of benzene rings is 1. The zero-order chi connectivity index (χ0) is 22.2. The second-order valence-corrected chi connectivity index (χ2v) is 11.7. The van der Waals surface area contributed by atoms with Gasteiger partial charge in [0, 0.05) is 29.9 Å². The summed E-state index contributed by atoms with van der Waals surface area (Å²) < 4.78 is 1.10. The number of thiophene rings is 1. The zero-order valence-corrected chi connectivity index (χ0v) is 21.6. The molecule has 2 aliphatic heterocycles. The molecule has 0 radical (unpaired) electrons. The van der Waals surface area contributed by atoms with Crippen LogP contribution in [0.25, 0.3) is 0 Å². The Hall–Kier alpha value is -1.67. The summed E-state index contributed by atoms with van der Waals surface area (Å²) in [6, 6.07) is 16.5. The fourth-order valence-electron chi connectivity index (χ4n) is 4.56. The van der Waals surface area contributed by atoms with Gasteiger partial charge in [0.25, 0.3) is 0 Å². The Labute approximate surface area is 211 Å². The van der Waals surface area contributed by atoms with Gasteiger partial charge in [-0.3, -0.25) is 4.98 Å². The highest BCUT2D eigenvalue weighted by atomic mass is 79.9. The van der Waals surface area contributed by atoms with Gasteiger partial charge in [0.1, 0.15) is 0 Å². The molecule has 0 saturated carbocycles. The quantitative estimate of drug-likeness (QED) is 0.356. The Balaban J connectivity index is 1.51. The molecule has 4 nitrogen and oxygen atoms in total. The number of hydrogen-bond donors (Lipinski definition) is 1. The monoisotopic (exact) mass is 546 g/mol. The van der Waals surface area contributed by atoms with E-state index in [1.54, 1.807) is 11.3 Å². The van der Waals surface area contributed by atoms with Gasteiger partial charge in [-0.25, -0.2) is 0 Å². The largest absolute Gasteiger partial charge is 0.370 e. The van der Waals surface area contributed by atoms with Crippen LogP contribution < -0.4 is 15.1 Å². The van der Waals surface area contributed by atoms with E-state index >= 15 is 0 Å². The van der Waals surface area contributed by atoms with Gasteiger partial charge in [0.05, 0.1) is 32.3 Å². The summed E-state index contributed by atoms with van der Waals surface area (Å²) in [5, 5.41) is 4.97. The second kappa shape index (κ2) is 9.29. The van der Waals surface area contributed by atoms with E-state index in [-0.39, 0.29) is 12.1 Å². The lowest BCUT2D eigenvalue weighted by molar-refractivity contribution is 0.438. The van der Waals surface area contributed by atoms with Gasteiger partial charge in [-0.2, -0.15) is 0 Å². The lowest BCUT2D eigenvalue weighted by atomic mass is 9.98. The summed E-state index contributed by atoms with van der Waals surface area (Å²) in [5.74, 6) is 0.784. The number of halogens is 2. The van der Waals surface area contributed by atoms with Gasteiger partial charge in [-0.15, -0.1) is 11.3 Å². The minimum atomic E-state index is -0.0451. The smallest absolute Gasteiger partial charge is 0.174 e. The van der Waals surface area contributed by atoms with Crippen molar-refractivity contribution in [2.75, 3.05) is 22.9 Å². The van der Waals surface area contributed by atoms with Crippen molar-refractivity contribution in [2.45, 2.75) is 31.8 Å². The fourth-order valence-corrected chi connectivity index (χ4v) is 6.75. The van der Waals surface area contributed by atoms with E-state index in [0.717, 1.165) is 44.9 Å². The number of hydrogen-bond acceptors (Lipinski definition) is 4. The third kappa shape index (κ3) is 4.28. The van der Waals surface area contributed by atoms with Gasteiger partial charge >= 0.3 is 0 Å². The van der Waals surface area contributed by atoms with Crippen LogP contribution >= 0.6 is 51.1 Å². The van der Waals surface area contributed by atoms with Gasteiger partial charge in [-0.05, 0) is 89.4 Å². The highest BCUT2D eigenvalue weighted by Crippen LogP contribution is 2.45. The van der Waals surface area contributed by atoms with Gasteiger partial charge in [0.2, 0.25) is 0 Å². The SMILES string of the molecule is CC1CCN(c2ccc(N3C(=S)N[C@H](c4ccccn4)[C@H]3c3ccc(Br)s3)cc2Cl)CC1. The number of aromatic nitrogens is 1. The lowest BCUT2D eigenvalue weighted by Gasteiger charge is -2.33. The average Bonchev–Trinajstić information content (AvgIpc) is 3.38. The van der Waals surface area contributed by atoms with Crippen molar-refractivity contribution < 1.29 is 0 Å². The summed E-state index contributed by atoms with van der Waals surface area (Å²) in [5.41, 5.74) is 3.07. The van der Waals surface area contributed by atoms with Crippen LogP contribution in [0.3, 0.4) is 0 Å². The molecule has 32 heavy (non-hydrogen) atoms. The molecule has 2 aliphatic rings. The third-order valence-electron chi connectivity index (χ3n) is 6.32. The predicted molar refractivity (Wildman–Crippen MR) is 142 cm³/mol. The van der Waals surface area contributed by atoms with Crippen LogP contribution in [-0.2, 0) is 0 Å². The van der Waals surface area contributed by atoms with Crippen LogP contribution in [0.15, 0.2) is 58.5 Å². The van der Waals surface area contributed by atoms with Crippen LogP contribution in [0.5, 0.6) is 0 Å². The van der Waals surface area contributed by atoms with Crippen molar-refractivity contribution in [1.29, 1.82) is 0 Å². The molecule has 2 fully saturated rings.